The molecule has 1 aromatic heterocycles. The Morgan fingerprint density at radius 1 is 1.22 bits per heavy atom. The van der Waals surface area contributed by atoms with E-state index < -0.39 is 0 Å². The summed E-state index contributed by atoms with van der Waals surface area (Å²) in [6.45, 7) is 4.57. The van der Waals surface area contributed by atoms with Gasteiger partial charge < -0.3 is 10.2 Å². The zero-order valence-corrected chi connectivity index (χ0v) is 16.9. The van der Waals surface area contributed by atoms with Gasteiger partial charge in [0.1, 0.15) is 0 Å². The number of carbonyl (C=O) groups excluding carboxylic acids is 1. The lowest BCUT2D eigenvalue weighted by Gasteiger charge is -2.19. The van der Waals surface area contributed by atoms with Crippen molar-refractivity contribution in [3.8, 4) is 0 Å². The summed E-state index contributed by atoms with van der Waals surface area (Å²) in [7, 11) is 0. The van der Waals surface area contributed by atoms with Gasteiger partial charge in [0, 0.05) is 35.2 Å². The van der Waals surface area contributed by atoms with E-state index in [4.69, 9.17) is 0 Å². The number of anilines is 1. The summed E-state index contributed by atoms with van der Waals surface area (Å²) in [5.74, 6) is 0.424. The van der Waals surface area contributed by atoms with E-state index in [1.807, 2.05) is 43.3 Å². The molecule has 2 heterocycles. The second-order valence-electron chi connectivity index (χ2n) is 7.10. The lowest BCUT2D eigenvalue weighted by Crippen LogP contribution is -2.31. The van der Waals surface area contributed by atoms with Crippen molar-refractivity contribution in [2.75, 3.05) is 24.5 Å². The van der Waals surface area contributed by atoms with Crippen LogP contribution < -0.4 is 10.2 Å². The minimum absolute atomic E-state index is 0.0355. The van der Waals surface area contributed by atoms with Gasteiger partial charge in [-0.05, 0) is 49.6 Å². The number of fused-ring (bicyclic) bond motifs is 1. The van der Waals surface area contributed by atoms with Gasteiger partial charge in [0.15, 0.2) is 0 Å². The van der Waals surface area contributed by atoms with E-state index in [0.717, 1.165) is 40.6 Å². The van der Waals surface area contributed by atoms with Crippen LogP contribution in [0.2, 0.25) is 0 Å². The maximum Gasteiger partial charge on any atom is 0.253 e. The number of rotatable bonds is 4. The number of amides is 1. The molecule has 1 fully saturated rings. The number of carbonyl (C=O) groups is 1. The largest absolute Gasteiger partial charge is 0.371 e. The van der Waals surface area contributed by atoms with E-state index >= 15 is 0 Å². The van der Waals surface area contributed by atoms with Crippen LogP contribution in [-0.4, -0.2) is 30.5 Å². The molecule has 0 saturated carbocycles. The molecule has 0 aliphatic carbocycles. The Bertz CT molecular complexity index is 988. The molecule has 1 N–H and O–H groups in total. The number of hydrogen-bond donors (Lipinski definition) is 1. The Morgan fingerprint density at radius 2 is 2.07 bits per heavy atom. The molecular weight excluding hydrogens is 402 g/mol. The van der Waals surface area contributed by atoms with E-state index in [0.29, 0.717) is 18.0 Å². The smallest absolute Gasteiger partial charge is 0.253 e. The highest BCUT2D eigenvalue weighted by atomic mass is 79.9. The molecule has 1 amide bonds. The molecule has 1 atom stereocenters. The third-order valence-corrected chi connectivity index (χ3v) is 5.66. The standard InChI is InChI=1S/C22H22BrN3O/c1-15-20(11-17-5-2-3-8-21(17)25-15)22(27)24-13-16-9-10-26(14-16)19-7-4-6-18(23)12-19/h2-8,11-12,16H,9-10,13-14H2,1H3,(H,24,27). The molecule has 138 valence electrons. The molecule has 3 aromatic rings. The molecule has 27 heavy (non-hydrogen) atoms. The number of halogens is 1. The van der Waals surface area contributed by atoms with E-state index in [-0.39, 0.29) is 5.91 Å². The first-order valence-corrected chi connectivity index (χ1v) is 10.0. The SMILES string of the molecule is Cc1nc2ccccc2cc1C(=O)NCC1CCN(c2cccc(Br)c2)C1. The number of pyridine rings is 1. The molecule has 4 nitrogen and oxygen atoms in total. The van der Waals surface area contributed by atoms with Gasteiger partial charge in [-0.3, -0.25) is 9.78 Å². The quantitative estimate of drug-likeness (QED) is 0.668. The number of nitrogens with zero attached hydrogens (tertiary/aromatic N) is 2. The van der Waals surface area contributed by atoms with Gasteiger partial charge in [-0.2, -0.15) is 0 Å². The Morgan fingerprint density at radius 3 is 2.93 bits per heavy atom. The second kappa shape index (κ2) is 7.69. The van der Waals surface area contributed by atoms with Crippen molar-refractivity contribution in [1.82, 2.24) is 10.3 Å². The van der Waals surface area contributed by atoms with Crippen LogP contribution in [0.25, 0.3) is 10.9 Å². The maximum absolute atomic E-state index is 12.7. The minimum atomic E-state index is -0.0355. The van der Waals surface area contributed by atoms with E-state index in [1.54, 1.807) is 0 Å². The number of aromatic nitrogens is 1. The molecule has 2 aromatic carbocycles. The van der Waals surface area contributed by atoms with Gasteiger partial charge in [0.25, 0.3) is 5.91 Å². The maximum atomic E-state index is 12.7. The van der Waals surface area contributed by atoms with Gasteiger partial charge in [0.05, 0.1) is 16.8 Å². The van der Waals surface area contributed by atoms with Crippen LogP contribution in [0.3, 0.4) is 0 Å². The zero-order valence-electron chi connectivity index (χ0n) is 15.3. The summed E-state index contributed by atoms with van der Waals surface area (Å²) in [5, 5.41) is 4.11. The number of para-hydroxylation sites is 1. The third kappa shape index (κ3) is 3.98. The Hall–Kier alpha value is -2.40. The lowest BCUT2D eigenvalue weighted by atomic mass is 10.1. The molecule has 1 saturated heterocycles. The Labute approximate surface area is 167 Å². The van der Waals surface area contributed by atoms with Crippen molar-refractivity contribution in [2.24, 2.45) is 5.92 Å². The number of hydrogen-bond acceptors (Lipinski definition) is 3. The van der Waals surface area contributed by atoms with Crippen LogP contribution in [0.15, 0.2) is 59.1 Å². The molecule has 4 rings (SSSR count). The van der Waals surface area contributed by atoms with Gasteiger partial charge in [-0.15, -0.1) is 0 Å². The number of benzene rings is 2. The van der Waals surface area contributed by atoms with Crippen LogP contribution in [0.1, 0.15) is 22.5 Å². The van der Waals surface area contributed by atoms with Crippen molar-refractivity contribution in [3.63, 3.8) is 0 Å². The van der Waals surface area contributed by atoms with Gasteiger partial charge in [0.2, 0.25) is 0 Å². The van der Waals surface area contributed by atoms with Gasteiger partial charge in [-0.25, -0.2) is 0 Å². The molecular formula is C22H22BrN3O. The molecule has 0 spiro atoms. The Kier molecular flexibility index (Phi) is 5.12. The van der Waals surface area contributed by atoms with E-state index in [9.17, 15) is 4.79 Å². The second-order valence-corrected chi connectivity index (χ2v) is 8.02. The normalized spacial score (nSPS) is 16.7. The summed E-state index contributed by atoms with van der Waals surface area (Å²) in [5.41, 5.74) is 3.59. The first-order chi connectivity index (χ1) is 13.1. The van der Waals surface area contributed by atoms with E-state index in [2.05, 4.69) is 49.3 Å². The summed E-state index contributed by atoms with van der Waals surface area (Å²) in [4.78, 5) is 19.6. The molecule has 1 aliphatic rings. The topological polar surface area (TPSA) is 45.2 Å². The molecule has 1 aliphatic heterocycles. The van der Waals surface area contributed by atoms with Crippen LogP contribution in [0.5, 0.6) is 0 Å². The van der Waals surface area contributed by atoms with Crippen molar-refractivity contribution in [1.29, 1.82) is 0 Å². The van der Waals surface area contributed by atoms with E-state index in [1.165, 1.54) is 5.69 Å². The minimum Gasteiger partial charge on any atom is -0.371 e. The number of nitrogens with one attached hydrogen (secondary N) is 1. The van der Waals surface area contributed by atoms with Crippen molar-refractivity contribution in [2.45, 2.75) is 13.3 Å². The van der Waals surface area contributed by atoms with Crippen molar-refractivity contribution in [3.05, 3.63) is 70.3 Å². The summed E-state index contributed by atoms with van der Waals surface area (Å²) in [6, 6.07) is 18.2. The van der Waals surface area contributed by atoms with Gasteiger partial charge in [-0.1, -0.05) is 40.2 Å². The Balaban J connectivity index is 1.39. The molecule has 0 bridgehead atoms. The third-order valence-electron chi connectivity index (χ3n) is 5.17. The first-order valence-electron chi connectivity index (χ1n) is 9.25. The average molecular weight is 424 g/mol. The average Bonchev–Trinajstić information content (AvgIpc) is 3.14. The van der Waals surface area contributed by atoms with Crippen LogP contribution in [0, 0.1) is 12.8 Å². The highest BCUT2D eigenvalue weighted by Gasteiger charge is 2.23. The fourth-order valence-electron chi connectivity index (χ4n) is 3.68. The fourth-order valence-corrected chi connectivity index (χ4v) is 4.07. The predicted octanol–water partition coefficient (Wildman–Crippen LogP) is 4.56. The van der Waals surface area contributed by atoms with Crippen LogP contribution in [-0.2, 0) is 0 Å². The lowest BCUT2D eigenvalue weighted by molar-refractivity contribution is 0.0947. The number of aryl methyl sites for hydroxylation is 1. The van der Waals surface area contributed by atoms with Crippen molar-refractivity contribution < 1.29 is 4.79 Å². The summed E-state index contributed by atoms with van der Waals surface area (Å²) in [6.07, 6.45) is 1.09. The highest BCUT2D eigenvalue weighted by Crippen LogP contribution is 2.26. The highest BCUT2D eigenvalue weighted by molar-refractivity contribution is 9.10. The monoisotopic (exact) mass is 423 g/mol. The molecule has 1 unspecified atom stereocenters. The first kappa shape index (κ1) is 18.0. The van der Waals surface area contributed by atoms with Crippen LogP contribution in [0.4, 0.5) is 5.69 Å². The van der Waals surface area contributed by atoms with Gasteiger partial charge >= 0.3 is 0 Å². The predicted molar refractivity (Wildman–Crippen MR) is 113 cm³/mol. The molecule has 5 heteroatoms. The zero-order chi connectivity index (χ0) is 18.8. The molecule has 0 radical (unpaired) electrons. The fraction of sp³-hybridized carbons (Fsp3) is 0.273. The summed E-state index contributed by atoms with van der Waals surface area (Å²) >= 11 is 3.53. The van der Waals surface area contributed by atoms with Crippen LogP contribution >= 0.6 is 15.9 Å². The summed E-state index contributed by atoms with van der Waals surface area (Å²) < 4.78 is 1.09. The van der Waals surface area contributed by atoms with Crippen molar-refractivity contribution >= 4 is 38.4 Å².